The number of carboxylic acid groups (broad SMARTS) is 1. The number of benzene rings is 3. The zero-order chi connectivity index (χ0) is 30.6. The molecule has 4 atom stereocenters. The van der Waals surface area contributed by atoms with Crippen molar-refractivity contribution in [1.29, 1.82) is 0 Å². The molecule has 1 saturated heterocycles. The molecule has 3 aromatic carbocycles. The molecule has 5 rings (SSSR count). The lowest BCUT2D eigenvalue weighted by atomic mass is 9.62. The van der Waals surface area contributed by atoms with Crippen molar-refractivity contribution in [3.63, 3.8) is 0 Å². The lowest BCUT2D eigenvalue weighted by Gasteiger charge is -2.37. The van der Waals surface area contributed by atoms with E-state index in [1.807, 2.05) is 20.8 Å². The molecule has 2 aliphatic heterocycles. The summed E-state index contributed by atoms with van der Waals surface area (Å²) < 4.78 is 15.9. The second kappa shape index (κ2) is 10.9. The minimum absolute atomic E-state index is 0.0392. The number of carbonyl (C=O) groups excluding carboxylic acids is 2. The Morgan fingerprint density at radius 1 is 1.07 bits per heavy atom. The molecule has 42 heavy (non-hydrogen) atoms. The summed E-state index contributed by atoms with van der Waals surface area (Å²) in [6.07, 6.45) is 0.472. The van der Waals surface area contributed by atoms with Crippen molar-refractivity contribution < 1.29 is 23.9 Å². The van der Waals surface area contributed by atoms with Crippen molar-refractivity contribution in [1.82, 2.24) is 5.32 Å². The lowest BCUT2D eigenvalue weighted by Crippen LogP contribution is -2.49. The molecule has 220 valence electrons. The first-order valence-electron chi connectivity index (χ1n) is 13.5. The molecule has 5 N–H and O–H groups in total. The number of aromatic carboxylic acids is 1. The Labute approximate surface area is 253 Å². The third-order valence-electron chi connectivity index (χ3n) is 8.01. The summed E-state index contributed by atoms with van der Waals surface area (Å²) >= 11 is 12.5. The first-order chi connectivity index (χ1) is 19.8. The van der Waals surface area contributed by atoms with Crippen molar-refractivity contribution in [3.8, 4) is 0 Å². The van der Waals surface area contributed by atoms with Crippen LogP contribution in [-0.2, 0) is 15.0 Å². The molecule has 0 radical (unpaired) electrons. The number of rotatable bonds is 6. The maximum absolute atomic E-state index is 15.9. The van der Waals surface area contributed by atoms with Crippen LogP contribution in [0.3, 0.4) is 0 Å². The third-order valence-corrected chi connectivity index (χ3v) is 8.54. The topological polar surface area (TPSA) is 120 Å². The summed E-state index contributed by atoms with van der Waals surface area (Å²) in [5.41, 5.74) is 0.317. The quantitative estimate of drug-likeness (QED) is 0.224. The zero-order valence-electron chi connectivity index (χ0n) is 23.4. The molecule has 8 nitrogen and oxygen atoms in total. The molecule has 0 saturated carbocycles. The summed E-state index contributed by atoms with van der Waals surface area (Å²) in [6, 6.07) is 12.3. The van der Waals surface area contributed by atoms with Gasteiger partial charge in [0.2, 0.25) is 11.8 Å². The highest BCUT2D eigenvalue weighted by molar-refractivity contribution is 6.31. The number of anilines is 3. The zero-order valence-corrected chi connectivity index (χ0v) is 25.0. The van der Waals surface area contributed by atoms with E-state index in [0.717, 1.165) is 0 Å². The van der Waals surface area contributed by atoms with Crippen molar-refractivity contribution in [2.75, 3.05) is 23.0 Å². The van der Waals surface area contributed by atoms with Crippen LogP contribution >= 0.6 is 23.2 Å². The van der Waals surface area contributed by atoms with Gasteiger partial charge in [0.25, 0.3) is 0 Å². The number of nitrogens with one attached hydrogen (secondary N) is 4. The molecular weight excluding hydrogens is 582 g/mol. The molecule has 3 aromatic rings. The van der Waals surface area contributed by atoms with Crippen molar-refractivity contribution in [2.24, 2.45) is 5.41 Å². The number of fused-ring (bicyclic) bond motifs is 2. The molecule has 0 bridgehead atoms. The minimum Gasteiger partial charge on any atom is -0.478 e. The van der Waals surface area contributed by atoms with E-state index < -0.39 is 41.1 Å². The molecular formula is C31H31Cl2FN4O4. The normalized spacial score (nSPS) is 23.0. The van der Waals surface area contributed by atoms with Gasteiger partial charge in [0.05, 0.1) is 28.0 Å². The second-order valence-electron chi connectivity index (χ2n) is 11.9. The number of carbonyl (C=O) groups is 3. The number of carboxylic acids is 1. The van der Waals surface area contributed by atoms with Crippen LogP contribution in [0.25, 0.3) is 0 Å². The van der Waals surface area contributed by atoms with Crippen molar-refractivity contribution in [2.45, 2.75) is 50.6 Å². The molecule has 2 aliphatic rings. The van der Waals surface area contributed by atoms with E-state index in [2.05, 4.69) is 21.3 Å². The van der Waals surface area contributed by atoms with Gasteiger partial charge in [-0.05, 0) is 59.4 Å². The van der Waals surface area contributed by atoms with E-state index in [9.17, 15) is 19.5 Å². The highest BCUT2D eigenvalue weighted by Crippen LogP contribution is 2.57. The minimum atomic E-state index is -1.39. The number of hydrogen-bond donors (Lipinski definition) is 5. The fourth-order valence-electron chi connectivity index (χ4n) is 6.36. The maximum Gasteiger partial charge on any atom is 0.335 e. The molecule has 1 fully saturated rings. The van der Waals surface area contributed by atoms with E-state index in [-0.39, 0.29) is 27.5 Å². The smallest absolute Gasteiger partial charge is 0.335 e. The summed E-state index contributed by atoms with van der Waals surface area (Å²) in [4.78, 5) is 39.9. The lowest BCUT2D eigenvalue weighted by molar-refractivity contribution is -0.122. The fraction of sp³-hybridized carbons (Fsp3) is 0.323. The standard InChI is InChI=1S/C31H31Cl2FN4O4/c1-30(2,3)14-23-31(18-10-9-16(32)13-21(18)37-29(31)42)24(17-6-5-7-19(33)25(17)34)26(38-23)27(39)36-20-11-8-15(28(40)41)12-22(20)35-4/h5-13,23-24,26,35,38H,14H2,1-4H3,(H,36,39)(H,37,42)(H,40,41)/t23-,24+,26+,31?/m0/s1. The van der Waals surface area contributed by atoms with Crippen LogP contribution < -0.4 is 21.3 Å². The van der Waals surface area contributed by atoms with Gasteiger partial charge in [-0.1, -0.05) is 62.2 Å². The predicted octanol–water partition coefficient (Wildman–Crippen LogP) is 6.26. The van der Waals surface area contributed by atoms with Gasteiger partial charge in [0.1, 0.15) is 11.2 Å². The van der Waals surface area contributed by atoms with E-state index in [4.69, 9.17) is 23.2 Å². The Morgan fingerprint density at radius 2 is 1.81 bits per heavy atom. The predicted molar refractivity (Wildman–Crippen MR) is 162 cm³/mol. The van der Waals surface area contributed by atoms with Gasteiger partial charge in [-0.15, -0.1) is 0 Å². The summed E-state index contributed by atoms with van der Waals surface area (Å²) in [5.74, 6) is -3.73. The van der Waals surface area contributed by atoms with Crippen molar-refractivity contribution in [3.05, 3.63) is 87.2 Å². The maximum atomic E-state index is 15.9. The number of amides is 2. The highest BCUT2D eigenvalue weighted by Gasteiger charge is 2.66. The van der Waals surface area contributed by atoms with Gasteiger partial charge in [-0.3, -0.25) is 9.59 Å². The second-order valence-corrected chi connectivity index (χ2v) is 12.7. The molecule has 0 aromatic heterocycles. The Bertz CT molecular complexity index is 1610. The Kier molecular flexibility index (Phi) is 7.72. The Hall–Kier alpha value is -3.66. The van der Waals surface area contributed by atoms with E-state index in [1.54, 1.807) is 37.4 Å². The van der Waals surface area contributed by atoms with Crippen LogP contribution in [0.2, 0.25) is 10.0 Å². The largest absolute Gasteiger partial charge is 0.478 e. The van der Waals surface area contributed by atoms with Gasteiger partial charge in [-0.2, -0.15) is 0 Å². The van der Waals surface area contributed by atoms with Gasteiger partial charge in [-0.25, -0.2) is 9.18 Å². The molecule has 0 aliphatic carbocycles. The first kappa shape index (κ1) is 29.8. The Morgan fingerprint density at radius 3 is 2.48 bits per heavy atom. The average Bonchev–Trinajstić information content (AvgIpc) is 3.39. The SMILES string of the molecule is CNc1cc(C(=O)O)ccc1NC(=O)[C@@H]1N[C@@H](CC(C)(C)C)C2(C(=O)Nc3cc(Cl)ccc32)[C@@H]1c1cccc(Cl)c1F. The van der Waals surface area contributed by atoms with E-state index in [0.29, 0.717) is 34.1 Å². The molecule has 11 heteroatoms. The van der Waals surface area contributed by atoms with E-state index in [1.165, 1.54) is 24.3 Å². The van der Waals surface area contributed by atoms with Gasteiger partial charge >= 0.3 is 5.97 Å². The van der Waals surface area contributed by atoms with Crippen molar-refractivity contribution >= 4 is 58.0 Å². The first-order valence-corrected chi connectivity index (χ1v) is 14.2. The van der Waals surface area contributed by atoms with Crippen LogP contribution in [0.1, 0.15) is 54.6 Å². The summed E-state index contributed by atoms with van der Waals surface area (Å²) in [6.45, 7) is 6.09. The van der Waals surface area contributed by atoms with Gasteiger partial charge < -0.3 is 26.4 Å². The Balaban J connectivity index is 1.70. The number of hydrogen-bond acceptors (Lipinski definition) is 5. The number of halogens is 3. The summed E-state index contributed by atoms with van der Waals surface area (Å²) in [7, 11) is 1.61. The molecule has 2 heterocycles. The summed E-state index contributed by atoms with van der Waals surface area (Å²) in [5, 5.41) is 21.9. The van der Waals surface area contributed by atoms with Crippen LogP contribution in [0.4, 0.5) is 21.5 Å². The average molecular weight is 614 g/mol. The van der Waals surface area contributed by atoms with Gasteiger partial charge in [0.15, 0.2) is 0 Å². The van der Waals surface area contributed by atoms with Crippen LogP contribution in [0.5, 0.6) is 0 Å². The molecule has 1 spiro atoms. The third kappa shape index (κ3) is 4.99. The fourth-order valence-corrected chi connectivity index (χ4v) is 6.71. The van der Waals surface area contributed by atoms with Crippen LogP contribution in [0, 0.1) is 11.2 Å². The molecule has 1 unspecified atom stereocenters. The monoisotopic (exact) mass is 612 g/mol. The van der Waals surface area contributed by atoms with Crippen LogP contribution in [-0.4, -0.2) is 42.0 Å². The van der Waals surface area contributed by atoms with Gasteiger partial charge in [0, 0.05) is 29.7 Å². The van der Waals surface area contributed by atoms with Crippen LogP contribution in [0.15, 0.2) is 54.6 Å². The van der Waals surface area contributed by atoms with E-state index >= 15 is 4.39 Å². The highest BCUT2D eigenvalue weighted by atomic mass is 35.5. The molecule has 2 amide bonds.